The number of nitrogens with one attached hydrogen (secondary N) is 1. The number of nitrogens with zero attached hydrogens (tertiary/aromatic N) is 1. The Kier molecular flexibility index (Phi) is 5.46. The van der Waals surface area contributed by atoms with E-state index >= 15 is 0 Å². The van der Waals surface area contributed by atoms with Crippen LogP contribution >= 0.6 is 11.6 Å². The van der Waals surface area contributed by atoms with E-state index in [-0.39, 0.29) is 11.6 Å². The minimum atomic E-state index is -0.395. The average Bonchev–Trinajstić information content (AvgIpc) is 3.05. The van der Waals surface area contributed by atoms with Gasteiger partial charge in [-0.05, 0) is 61.0 Å². The molecule has 0 saturated carbocycles. The molecule has 0 spiro atoms. The minimum absolute atomic E-state index is 0.241. The largest absolute Gasteiger partial charge is 0.350 e. The highest BCUT2D eigenvalue weighted by Gasteiger charge is 2.41. The third kappa shape index (κ3) is 3.66. The van der Waals surface area contributed by atoms with Crippen LogP contribution in [0.1, 0.15) is 22.3 Å². The number of rotatable bonds is 4. The molecule has 2 amide bonds. The second kappa shape index (κ2) is 8.47. The lowest BCUT2D eigenvalue weighted by Gasteiger charge is -2.18. The summed E-state index contributed by atoms with van der Waals surface area (Å²) in [6, 6.07) is 24.7. The molecule has 0 atom stereocenters. The molecule has 5 rings (SSSR count). The Labute approximate surface area is 203 Å². The van der Waals surface area contributed by atoms with Gasteiger partial charge in [-0.2, -0.15) is 0 Å². The quantitative estimate of drug-likeness (QED) is 0.336. The summed E-state index contributed by atoms with van der Waals surface area (Å²) in [6.07, 6.45) is 0. The first-order valence-electron chi connectivity index (χ1n) is 11.1. The van der Waals surface area contributed by atoms with Crippen molar-refractivity contribution < 1.29 is 9.59 Å². The van der Waals surface area contributed by atoms with Gasteiger partial charge in [-0.25, -0.2) is 4.90 Å². The molecule has 0 aliphatic carbocycles. The summed E-state index contributed by atoms with van der Waals surface area (Å²) in [5, 5.41) is 5.59. The zero-order valence-corrected chi connectivity index (χ0v) is 19.9. The van der Waals surface area contributed by atoms with Crippen molar-refractivity contribution in [3.63, 3.8) is 0 Å². The van der Waals surface area contributed by atoms with Crippen molar-refractivity contribution in [2.45, 2.75) is 20.8 Å². The van der Waals surface area contributed by atoms with Crippen molar-refractivity contribution in [3.05, 3.63) is 112 Å². The summed E-state index contributed by atoms with van der Waals surface area (Å²) in [6.45, 7) is 5.87. The standard InChI is InChI=1S/C29H23ClN2O2/c1-17-11-14-22(19(3)15-17)26-27(31-21-13-12-18(2)24(30)16-21)29(34)32(28(26)33)25-10-6-8-20-7-4-5-9-23(20)25/h4-16,31H,1-3H3. The number of benzene rings is 4. The average molecular weight is 467 g/mol. The van der Waals surface area contributed by atoms with Gasteiger partial charge < -0.3 is 5.32 Å². The van der Waals surface area contributed by atoms with Crippen molar-refractivity contribution in [2.24, 2.45) is 0 Å². The van der Waals surface area contributed by atoms with Gasteiger partial charge in [0.1, 0.15) is 5.70 Å². The summed E-state index contributed by atoms with van der Waals surface area (Å²) in [7, 11) is 0. The van der Waals surface area contributed by atoms with Crippen molar-refractivity contribution in [3.8, 4) is 0 Å². The van der Waals surface area contributed by atoms with Crippen molar-refractivity contribution in [1.29, 1.82) is 0 Å². The van der Waals surface area contributed by atoms with E-state index in [9.17, 15) is 9.59 Å². The Hall–Kier alpha value is -3.89. The summed E-state index contributed by atoms with van der Waals surface area (Å²) >= 11 is 6.33. The summed E-state index contributed by atoms with van der Waals surface area (Å²) in [5.41, 5.74) is 5.48. The molecular weight excluding hydrogens is 444 g/mol. The van der Waals surface area contributed by atoms with E-state index in [0.717, 1.165) is 33.0 Å². The number of halogens is 1. The van der Waals surface area contributed by atoms with Gasteiger partial charge in [-0.1, -0.05) is 77.8 Å². The molecule has 168 valence electrons. The predicted octanol–water partition coefficient (Wildman–Crippen LogP) is 6.82. The Morgan fingerprint density at radius 2 is 1.53 bits per heavy atom. The molecule has 1 aliphatic rings. The molecule has 0 bridgehead atoms. The maximum Gasteiger partial charge on any atom is 0.282 e. The number of imide groups is 1. The van der Waals surface area contributed by atoms with Gasteiger partial charge >= 0.3 is 0 Å². The van der Waals surface area contributed by atoms with Gasteiger partial charge in [0, 0.05) is 16.1 Å². The van der Waals surface area contributed by atoms with Crippen LogP contribution in [0.25, 0.3) is 16.3 Å². The van der Waals surface area contributed by atoms with Crippen LogP contribution in [0.15, 0.2) is 84.6 Å². The van der Waals surface area contributed by atoms with Crippen molar-refractivity contribution >= 4 is 51.1 Å². The first kappa shape index (κ1) is 21.9. The molecule has 34 heavy (non-hydrogen) atoms. The SMILES string of the molecule is Cc1ccc(C2=C(Nc3ccc(C)c(Cl)c3)C(=O)N(c3cccc4ccccc34)C2=O)c(C)c1. The van der Waals surface area contributed by atoms with E-state index in [1.807, 2.05) is 93.6 Å². The van der Waals surface area contributed by atoms with Gasteiger partial charge in [0.15, 0.2) is 0 Å². The number of hydrogen-bond donors (Lipinski definition) is 1. The third-order valence-electron chi connectivity index (χ3n) is 6.18. The van der Waals surface area contributed by atoms with E-state index in [1.54, 1.807) is 6.07 Å². The molecule has 1 N–H and O–H groups in total. The normalized spacial score (nSPS) is 13.8. The van der Waals surface area contributed by atoms with Crippen LogP contribution in [-0.4, -0.2) is 11.8 Å². The monoisotopic (exact) mass is 466 g/mol. The van der Waals surface area contributed by atoms with E-state index in [2.05, 4.69) is 5.32 Å². The number of aryl methyl sites for hydroxylation is 3. The molecule has 0 aromatic heterocycles. The Morgan fingerprint density at radius 3 is 2.29 bits per heavy atom. The van der Waals surface area contributed by atoms with E-state index in [1.165, 1.54) is 4.90 Å². The highest BCUT2D eigenvalue weighted by Crippen LogP contribution is 2.38. The molecule has 1 heterocycles. The third-order valence-corrected chi connectivity index (χ3v) is 6.59. The lowest BCUT2D eigenvalue weighted by molar-refractivity contribution is -0.120. The highest BCUT2D eigenvalue weighted by atomic mass is 35.5. The topological polar surface area (TPSA) is 49.4 Å². The molecule has 0 radical (unpaired) electrons. The van der Waals surface area contributed by atoms with Gasteiger partial charge in [-0.3, -0.25) is 9.59 Å². The molecule has 5 heteroatoms. The molecular formula is C29H23ClN2O2. The summed E-state index contributed by atoms with van der Waals surface area (Å²) < 4.78 is 0. The van der Waals surface area contributed by atoms with Gasteiger partial charge in [0.25, 0.3) is 11.8 Å². The van der Waals surface area contributed by atoms with Crippen molar-refractivity contribution in [2.75, 3.05) is 10.2 Å². The number of amides is 2. The number of fused-ring (bicyclic) bond motifs is 1. The van der Waals surface area contributed by atoms with Gasteiger partial charge in [0.05, 0.1) is 11.3 Å². The fourth-order valence-corrected chi connectivity index (χ4v) is 4.61. The fraction of sp³-hybridized carbons (Fsp3) is 0.103. The van der Waals surface area contributed by atoms with Crippen LogP contribution < -0.4 is 10.2 Å². The van der Waals surface area contributed by atoms with Crippen LogP contribution in [0.5, 0.6) is 0 Å². The summed E-state index contributed by atoms with van der Waals surface area (Å²) in [4.78, 5) is 29.0. The van der Waals surface area contributed by atoms with Gasteiger partial charge in [-0.15, -0.1) is 0 Å². The molecule has 0 fully saturated rings. The molecule has 1 aliphatic heterocycles. The minimum Gasteiger partial charge on any atom is -0.350 e. The Bertz CT molecular complexity index is 1510. The molecule has 4 aromatic carbocycles. The molecule has 4 nitrogen and oxygen atoms in total. The zero-order valence-electron chi connectivity index (χ0n) is 19.1. The van der Waals surface area contributed by atoms with Crippen LogP contribution in [0.2, 0.25) is 5.02 Å². The second-order valence-electron chi connectivity index (χ2n) is 8.60. The lowest BCUT2D eigenvalue weighted by Crippen LogP contribution is -2.32. The first-order valence-corrected chi connectivity index (χ1v) is 11.4. The lowest BCUT2D eigenvalue weighted by atomic mass is 9.97. The number of hydrogen-bond acceptors (Lipinski definition) is 3. The Balaban J connectivity index is 1.69. The van der Waals surface area contributed by atoms with Crippen LogP contribution in [0.3, 0.4) is 0 Å². The van der Waals surface area contributed by atoms with Crippen molar-refractivity contribution in [1.82, 2.24) is 0 Å². The van der Waals surface area contributed by atoms with Crippen LogP contribution in [-0.2, 0) is 9.59 Å². The Morgan fingerprint density at radius 1 is 0.765 bits per heavy atom. The molecule has 0 saturated heterocycles. The maximum absolute atomic E-state index is 13.9. The van der Waals surface area contributed by atoms with E-state index in [4.69, 9.17) is 11.6 Å². The predicted molar refractivity (Wildman–Crippen MR) is 139 cm³/mol. The van der Waals surface area contributed by atoms with Crippen LogP contribution in [0, 0.1) is 20.8 Å². The second-order valence-corrected chi connectivity index (χ2v) is 9.01. The van der Waals surface area contributed by atoms with E-state index < -0.39 is 5.91 Å². The fourth-order valence-electron chi connectivity index (χ4n) is 4.43. The number of carbonyl (C=O) groups is 2. The van der Waals surface area contributed by atoms with E-state index in [0.29, 0.717) is 22.0 Å². The summed E-state index contributed by atoms with van der Waals surface area (Å²) in [5.74, 6) is -0.748. The smallest absolute Gasteiger partial charge is 0.282 e. The molecule has 4 aromatic rings. The zero-order chi connectivity index (χ0) is 24.0. The maximum atomic E-state index is 13.9. The van der Waals surface area contributed by atoms with Crippen LogP contribution in [0.4, 0.5) is 11.4 Å². The first-order chi connectivity index (χ1) is 16.3. The van der Waals surface area contributed by atoms with Gasteiger partial charge in [0.2, 0.25) is 0 Å². The highest BCUT2D eigenvalue weighted by molar-refractivity contribution is 6.47. The number of anilines is 2. The molecule has 0 unspecified atom stereocenters. The number of carbonyl (C=O) groups excluding carboxylic acids is 2.